The van der Waals surface area contributed by atoms with Gasteiger partial charge >= 0.3 is 0 Å². The van der Waals surface area contributed by atoms with Crippen molar-refractivity contribution in [1.29, 1.82) is 0 Å². The Kier molecular flexibility index (Phi) is 3.30. The average Bonchev–Trinajstić information content (AvgIpc) is 2.78. The standard InChI is InChI=1S/C12H18N2OS/c1-3-5-12(15,4-2)8-10-9-14-6-7-16-11(14)13-10/h6-7,9,15H,3-5,8H2,1-2H3. The van der Waals surface area contributed by atoms with Crippen LogP contribution < -0.4 is 0 Å². The first-order valence-electron chi connectivity index (χ1n) is 5.80. The topological polar surface area (TPSA) is 37.5 Å². The minimum Gasteiger partial charge on any atom is -0.389 e. The molecule has 2 aromatic rings. The van der Waals surface area contributed by atoms with E-state index in [-0.39, 0.29) is 0 Å². The highest BCUT2D eigenvalue weighted by atomic mass is 32.1. The van der Waals surface area contributed by atoms with Gasteiger partial charge in [0.05, 0.1) is 11.3 Å². The van der Waals surface area contributed by atoms with Crippen LogP contribution in [0.5, 0.6) is 0 Å². The molecule has 0 amide bonds. The van der Waals surface area contributed by atoms with E-state index >= 15 is 0 Å². The van der Waals surface area contributed by atoms with Gasteiger partial charge in [0.15, 0.2) is 4.96 Å². The van der Waals surface area contributed by atoms with Crippen LogP contribution in [0, 0.1) is 0 Å². The van der Waals surface area contributed by atoms with Crippen LogP contribution in [0.1, 0.15) is 38.8 Å². The first-order chi connectivity index (χ1) is 7.67. The molecule has 3 nitrogen and oxygen atoms in total. The summed E-state index contributed by atoms with van der Waals surface area (Å²) in [5, 5.41) is 12.4. The molecule has 16 heavy (non-hydrogen) atoms. The lowest BCUT2D eigenvalue weighted by Crippen LogP contribution is -2.30. The van der Waals surface area contributed by atoms with Gasteiger partial charge in [0.25, 0.3) is 0 Å². The summed E-state index contributed by atoms with van der Waals surface area (Å²) < 4.78 is 2.02. The van der Waals surface area contributed by atoms with E-state index in [0.29, 0.717) is 6.42 Å². The van der Waals surface area contributed by atoms with Crippen LogP contribution >= 0.6 is 11.3 Å². The molecule has 0 aliphatic rings. The van der Waals surface area contributed by atoms with Crippen LogP contribution in [0.3, 0.4) is 0 Å². The van der Waals surface area contributed by atoms with Crippen molar-refractivity contribution in [2.24, 2.45) is 0 Å². The quantitative estimate of drug-likeness (QED) is 0.869. The molecule has 1 N–H and O–H groups in total. The third-order valence-corrected chi connectivity index (χ3v) is 3.80. The van der Waals surface area contributed by atoms with E-state index in [4.69, 9.17) is 0 Å². The SMILES string of the molecule is CCCC(O)(CC)Cc1cn2ccsc2n1. The van der Waals surface area contributed by atoms with Crippen molar-refractivity contribution in [1.82, 2.24) is 9.38 Å². The Morgan fingerprint density at radius 1 is 1.50 bits per heavy atom. The molecule has 4 heteroatoms. The largest absolute Gasteiger partial charge is 0.389 e. The minimum absolute atomic E-state index is 0.585. The van der Waals surface area contributed by atoms with Crippen molar-refractivity contribution in [3.8, 4) is 0 Å². The van der Waals surface area contributed by atoms with Gasteiger partial charge in [-0.25, -0.2) is 4.98 Å². The number of thiazole rings is 1. The zero-order valence-electron chi connectivity index (χ0n) is 9.81. The van der Waals surface area contributed by atoms with E-state index in [0.717, 1.165) is 29.9 Å². The number of aromatic nitrogens is 2. The van der Waals surface area contributed by atoms with Crippen molar-refractivity contribution >= 4 is 16.3 Å². The number of hydrogen-bond acceptors (Lipinski definition) is 3. The molecule has 88 valence electrons. The highest BCUT2D eigenvalue weighted by Gasteiger charge is 2.25. The molecule has 2 aromatic heterocycles. The Morgan fingerprint density at radius 3 is 2.94 bits per heavy atom. The molecule has 1 unspecified atom stereocenters. The average molecular weight is 238 g/mol. The second-order valence-corrected chi connectivity index (χ2v) is 5.20. The number of imidazole rings is 1. The fourth-order valence-corrected chi connectivity index (χ4v) is 2.77. The molecular weight excluding hydrogens is 220 g/mol. The first-order valence-corrected chi connectivity index (χ1v) is 6.68. The lowest BCUT2D eigenvalue weighted by atomic mass is 9.90. The molecule has 0 aliphatic heterocycles. The molecule has 0 saturated carbocycles. The highest BCUT2D eigenvalue weighted by molar-refractivity contribution is 7.15. The molecule has 0 radical (unpaired) electrons. The third kappa shape index (κ3) is 2.28. The zero-order valence-corrected chi connectivity index (χ0v) is 10.6. The number of nitrogens with zero attached hydrogens (tertiary/aromatic N) is 2. The maximum Gasteiger partial charge on any atom is 0.193 e. The number of aliphatic hydroxyl groups is 1. The molecular formula is C12H18N2OS. The maximum absolute atomic E-state index is 10.4. The summed E-state index contributed by atoms with van der Waals surface area (Å²) in [7, 11) is 0. The van der Waals surface area contributed by atoms with Gasteiger partial charge in [-0.05, 0) is 12.8 Å². The van der Waals surface area contributed by atoms with Gasteiger partial charge in [-0.1, -0.05) is 20.3 Å². The van der Waals surface area contributed by atoms with Gasteiger partial charge in [-0.2, -0.15) is 0 Å². The molecule has 0 fully saturated rings. The maximum atomic E-state index is 10.4. The van der Waals surface area contributed by atoms with Gasteiger partial charge in [0.1, 0.15) is 0 Å². The van der Waals surface area contributed by atoms with Gasteiger partial charge < -0.3 is 5.11 Å². The van der Waals surface area contributed by atoms with Crippen molar-refractivity contribution in [2.45, 2.75) is 45.1 Å². The lowest BCUT2D eigenvalue weighted by molar-refractivity contribution is 0.0263. The summed E-state index contributed by atoms with van der Waals surface area (Å²) in [5.74, 6) is 0. The minimum atomic E-state index is -0.585. The van der Waals surface area contributed by atoms with Gasteiger partial charge in [0, 0.05) is 24.2 Å². The van der Waals surface area contributed by atoms with Crippen LogP contribution in [-0.2, 0) is 6.42 Å². The molecule has 0 saturated heterocycles. The molecule has 0 aliphatic carbocycles. The van der Waals surface area contributed by atoms with Crippen molar-refractivity contribution < 1.29 is 5.11 Å². The van der Waals surface area contributed by atoms with Crippen molar-refractivity contribution in [2.75, 3.05) is 0 Å². The van der Waals surface area contributed by atoms with E-state index < -0.39 is 5.60 Å². The Bertz CT molecular complexity index is 434. The van der Waals surface area contributed by atoms with Crippen LogP contribution in [0.4, 0.5) is 0 Å². The fraction of sp³-hybridized carbons (Fsp3) is 0.583. The summed E-state index contributed by atoms with van der Waals surface area (Å²) >= 11 is 1.63. The molecule has 2 rings (SSSR count). The summed E-state index contributed by atoms with van der Waals surface area (Å²) in [6.07, 6.45) is 7.31. The summed E-state index contributed by atoms with van der Waals surface area (Å²) in [5.41, 5.74) is 0.406. The predicted octanol–water partition coefficient (Wildman–Crippen LogP) is 2.88. The van der Waals surface area contributed by atoms with Crippen LogP contribution in [0.25, 0.3) is 4.96 Å². The highest BCUT2D eigenvalue weighted by Crippen LogP contribution is 2.23. The Balaban J connectivity index is 2.16. The van der Waals surface area contributed by atoms with Crippen molar-refractivity contribution in [3.05, 3.63) is 23.5 Å². The Hall–Kier alpha value is -0.870. The monoisotopic (exact) mass is 238 g/mol. The molecule has 0 spiro atoms. The van der Waals surface area contributed by atoms with E-state index in [2.05, 4.69) is 11.9 Å². The molecule has 2 heterocycles. The summed E-state index contributed by atoms with van der Waals surface area (Å²) in [6.45, 7) is 4.14. The predicted molar refractivity (Wildman–Crippen MR) is 66.9 cm³/mol. The van der Waals surface area contributed by atoms with E-state index in [1.165, 1.54) is 0 Å². The molecule has 1 atom stereocenters. The fourth-order valence-electron chi connectivity index (χ4n) is 2.05. The smallest absolute Gasteiger partial charge is 0.193 e. The van der Waals surface area contributed by atoms with E-state index in [9.17, 15) is 5.11 Å². The summed E-state index contributed by atoms with van der Waals surface area (Å²) in [4.78, 5) is 5.51. The number of hydrogen-bond donors (Lipinski definition) is 1. The molecule has 0 bridgehead atoms. The van der Waals surface area contributed by atoms with Crippen LogP contribution in [0.15, 0.2) is 17.8 Å². The number of fused-ring (bicyclic) bond motifs is 1. The number of rotatable bonds is 5. The Morgan fingerprint density at radius 2 is 2.31 bits per heavy atom. The van der Waals surface area contributed by atoms with Gasteiger partial charge in [-0.3, -0.25) is 4.40 Å². The Labute approximate surface area is 99.8 Å². The molecule has 0 aromatic carbocycles. The summed E-state index contributed by atoms with van der Waals surface area (Å²) in [6, 6.07) is 0. The normalized spacial score (nSPS) is 15.4. The van der Waals surface area contributed by atoms with E-state index in [1.807, 2.05) is 29.1 Å². The van der Waals surface area contributed by atoms with E-state index in [1.54, 1.807) is 11.3 Å². The zero-order chi connectivity index (χ0) is 11.6. The second kappa shape index (κ2) is 4.55. The third-order valence-electron chi connectivity index (χ3n) is 3.03. The first kappa shape index (κ1) is 11.6. The lowest BCUT2D eigenvalue weighted by Gasteiger charge is -2.25. The van der Waals surface area contributed by atoms with Gasteiger partial charge in [0.2, 0.25) is 0 Å². The van der Waals surface area contributed by atoms with Gasteiger partial charge in [-0.15, -0.1) is 11.3 Å². The van der Waals surface area contributed by atoms with Crippen molar-refractivity contribution in [3.63, 3.8) is 0 Å². The second-order valence-electron chi connectivity index (χ2n) is 4.33. The van der Waals surface area contributed by atoms with Crippen LogP contribution in [-0.4, -0.2) is 20.1 Å². The van der Waals surface area contributed by atoms with Crippen LogP contribution in [0.2, 0.25) is 0 Å².